The van der Waals surface area contributed by atoms with Crippen LogP contribution in [0.4, 0.5) is 0 Å². The highest BCUT2D eigenvalue weighted by molar-refractivity contribution is 6.06. The second-order valence-corrected chi connectivity index (χ2v) is 6.78. The molecule has 26 heavy (non-hydrogen) atoms. The lowest BCUT2D eigenvalue weighted by Crippen LogP contribution is -2.39. The fourth-order valence-corrected chi connectivity index (χ4v) is 3.43. The molecule has 1 fully saturated rings. The molecule has 0 saturated heterocycles. The molecule has 0 spiro atoms. The van der Waals surface area contributed by atoms with Crippen LogP contribution in [0.5, 0.6) is 0 Å². The molecule has 0 aromatic carbocycles. The molecule has 1 aliphatic carbocycles. The summed E-state index contributed by atoms with van der Waals surface area (Å²) in [6.45, 7) is 2.66. The minimum absolute atomic E-state index is 0.00384. The Balaban J connectivity index is 1.87. The van der Waals surface area contributed by atoms with Gasteiger partial charge in [-0.2, -0.15) is 0 Å². The topological polar surface area (TPSA) is 107 Å². The maximum Gasteiger partial charge on any atom is 0.265 e. The number of amides is 1. The number of aromatic nitrogens is 2. The van der Waals surface area contributed by atoms with Gasteiger partial charge in [-0.3, -0.25) is 14.2 Å². The Kier molecular flexibility index (Phi) is 5.73. The van der Waals surface area contributed by atoms with Crippen molar-refractivity contribution in [2.24, 2.45) is 0 Å². The Morgan fingerprint density at radius 1 is 1.42 bits per heavy atom. The van der Waals surface area contributed by atoms with Crippen molar-refractivity contribution in [2.75, 3.05) is 13.7 Å². The Morgan fingerprint density at radius 2 is 2.15 bits per heavy atom. The number of furan rings is 1. The van der Waals surface area contributed by atoms with E-state index in [1.54, 1.807) is 14.0 Å². The summed E-state index contributed by atoms with van der Waals surface area (Å²) in [6.07, 6.45) is 4.61. The molecule has 1 saturated carbocycles. The van der Waals surface area contributed by atoms with Crippen LogP contribution in [0.15, 0.2) is 15.5 Å². The predicted molar refractivity (Wildman–Crippen MR) is 95.2 cm³/mol. The number of hydrogen-bond donors (Lipinski definition) is 2. The van der Waals surface area contributed by atoms with Crippen molar-refractivity contribution < 1.29 is 19.1 Å². The lowest BCUT2D eigenvalue weighted by Gasteiger charge is -2.26. The second-order valence-electron chi connectivity index (χ2n) is 6.78. The third kappa shape index (κ3) is 3.81. The van der Waals surface area contributed by atoms with E-state index in [2.05, 4.69) is 10.3 Å². The van der Waals surface area contributed by atoms with E-state index >= 15 is 0 Å². The number of aliphatic hydroxyl groups is 1. The summed E-state index contributed by atoms with van der Waals surface area (Å²) in [4.78, 5) is 29.8. The molecule has 142 valence electrons. The Morgan fingerprint density at radius 3 is 2.85 bits per heavy atom. The standard InChI is InChI=1S/C18H25N3O5/c1-11-14(16(23)20-12-4-6-13(22)7-5-12)15-17(26-11)19-10-21(18(15)24)8-3-9-25-2/h10,12-13,22H,3-9H2,1-2H3,(H,20,23). The Hall–Kier alpha value is -2.19. The van der Waals surface area contributed by atoms with E-state index < -0.39 is 0 Å². The van der Waals surface area contributed by atoms with E-state index in [4.69, 9.17) is 9.15 Å². The summed E-state index contributed by atoms with van der Waals surface area (Å²) in [5.41, 5.74) is 0.150. The van der Waals surface area contributed by atoms with Gasteiger partial charge in [0.1, 0.15) is 17.5 Å². The van der Waals surface area contributed by atoms with E-state index in [0.717, 1.165) is 12.8 Å². The summed E-state index contributed by atoms with van der Waals surface area (Å²) in [7, 11) is 1.61. The smallest absolute Gasteiger partial charge is 0.265 e. The number of methoxy groups -OCH3 is 1. The van der Waals surface area contributed by atoms with Crippen LogP contribution < -0.4 is 10.9 Å². The van der Waals surface area contributed by atoms with Gasteiger partial charge in [0, 0.05) is 26.3 Å². The van der Waals surface area contributed by atoms with Crippen molar-refractivity contribution in [2.45, 2.75) is 57.7 Å². The van der Waals surface area contributed by atoms with Gasteiger partial charge in [0.2, 0.25) is 5.71 Å². The number of nitrogens with zero attached hydrogens (tertiary/aromatic N) is 2. The molecule has 0 radical (unpaired) electrons. The van der Waals surface area contributed by atoms with Crippen LogP contribution in [0.2, 0.25) is 0 Å². The monoisotopic (exact) mass is 363 g/mol. The summed E-state index contributed by atoms with van der Waals surface area (Å²) in [5.74, 6) is 0.0590. The van der Waals surface area contributed by atoms with Gasteiger partial charge in [0.05, 0.1) is 11.7 Å². The highest BCUT2D eigenvalue weighted by Crippen LogP contribution is 2.23. The maximum atomic E-state index is 12.8. The fraction of sp³-hybridized carbons (Fsp3) is 0.611. The first-order chi connectivity index (χ1) is 12.5. The number of hydrogen-bond acceptors (Lipinski definition) is 6. The van der Waals surface area contributed by atoms with Gasteiger partial charge in [-0.15, -0.1) is 0 Å². The van der Waals surface area contributed by atoms with E-state index in [0.29, 0.717) is 38.2 Å². The molecule has 0 bridgehead atoms. The summed E-state index contributed by atoms with van der Waals surface area (Å²) >= 11 is 0. The number of aryl methyl sites for hydroxylation is 2. The average molecular weight is 363 g/mol. The number of ether oxygens (including phenoxy) is 1. The first-order valence-electron chi connectivity index (χ1n) is 8.97. The minimum atomic E-state index is -0.323. The normalized spacial score (nSPS) is 20.4. The number of carbonyl (C=O) groups excluding carboxylic acids is 1. The number of rotatable bonds is 6. The molecule has 0 aliphatic heterocycles. The highest BCUT2D eigenvalue weighted by atomic mass is 16.5. The van der Waals surface area contributed by atoms with Crippen LogP contribution in [0, 0.1) is 6.92 Å². The molecule has 0 unspecified atom stereocenters. The Labute approximate surface area is 151 Å². The van der Waals surface area contributed by atoms with Crippen LogP contribution in [-0.2, 0) is 11.3 Å². The van der Waals surface area contributed by atoms with Gasteiger partial charge in [-0.25, -0.2) is 4.98 Å². The fourth-order valence-electron chi connectivity index (χ4n) is 3.43. The van der Waals surface area contributed by atoms with Crippen LogP contribution in [-0.4, -0.2) is 46.4 Å². The van der Waals surface area contributed by atoms with Crippen LogP contribution in [0.1, 0.15) is 48.2 Å². The van der Waals surface area contributed by atoms with Crippen molar-refractivity contribution in [3.05, 3.63) is 28.0 Å². The van der Waals surface area contributed by atoms with E-state index in [1.165, 1.54) is 10.9 Å². The SMILES string of the molecule is COCCCn1cnc2oc(C)c(C(=O)NC3CCC(O)CC3)c2c1=O. The molecule has 2 aromatic heterocycles. The molecule has 2 N–H and O–H groups in total. The molecular formula is C18H25N3O5. The molecular weight excluding hydrogens is 338 g/mol. The van der Waals surface area contributed by atoms with Gasteiger partial charge in [-0.1, -0.05) is 0 Å². The minimum Gasteiger partial charge on any atom is -0.442 e. The molecule has 3 rings (SSSR count). The molecule has 1 aliphatic rings. The number of carbonyl (C=O) groups is 1. The maximum absolute atomic E-state index is 12.8. The molecule has 0 atom stereocenters. The number of nitrogens with one attached hydrogen (secondary N) is 1. The number of fused-ring (bicyclic) bond motifs is 1. The van der Waals surface area contributed by atoms with Crippen molar-refractivity contribution in [1.82, 2.24) is 14.9 Å². The van der Waals surface area contributed by atoms with Gasteiger partial charge in [-0.05, 0) is 39.0 Å². The van der Waals surface area contributed by atoms with E-state index in [9.17, 15) is 14.7 Å². The third-order valence-corrected chi connectivity index (χ3v) is 4.86. The summed E-state index contributed by atoms with van der Waals surface area (Å²) in [5, 5.41) is 12.8. The van der Waals surface area contributed by atoms with Crippen molar-refractivity contribution in [1.29, 1.82) is 0 Å². The predicted octanol–water partition coefficient (Wildman–Crippen LogP) is 1.37. The average Bonchev–Trinajstić information content (AvgIpc) is 2.96. The van der Waals surface area contributed by atoms with Crippen LogP contribution >= 0.6 is 0 Å². The van der Waals surface area contributed by atoms with Crippen molar-refractivity contribution in [3.8, 4) is 0 Å². The van der Waals surface area contributed by atoms with Crippen LogP contribution in [0.3, 0.4) is 0 Å². The van der Waals surface area contributed by atoms with Gasteiger partial charge in [0.25, 0.3) is 11.5 Å². The highest BCUT2D eigenvalue weighted by Gasteiger charge is 2.26. The third-order valence-electron chi connectivity index (χ3n) is 4.86. The zero-order valence-electron chi connectivity index (χ0n) is 15.2. The Bertz CT molecular complexity index is 833. The molecule has 8 nitrogen and oxygen atoms in total. The molecule has 2 aromatic rings. The van der Waals surface area contributed by atoms with E-state index in [-0.39, 0.29) is 40.3 Å². The molecule has 2 heterocycles. The summed E-state index contributed by atoms with van der Waals surface area (Å²) < 4.78 is 12.0. The van der Waals surface area contributed by atoms with Gasteiger partial charge in [0.15, 0.2) is 0 Å². The lowest BCUT2D eigenvalue weighted by molar-refractivity contribution is 0.0867. The quantitative estimate of drug-likeness (QED) is 0.751. The molecule has 8 heteroatoms. The molecule has 1 amide bonds. The van der Waals surface area contributed by atoms with Gasteiger partial charge >= 0.3 is 0 Å². The van der Waals surface area contributed by atoms with Crippen LogP contribution in [0.25, 0.3) is 11.1 Å². The zero-order chi connectivity index (χ0) is 18.7. The van der Waals surface area contributed by atoms with Gasteiger partial charge < -0.3 is 19.6 Å². The number of aliphatic hydroxyl groups excluding tert-OH is 1. The second kappa shape index (κ2) is 8.01. The zero-order valence-corrected chi connectivity index (χ0v) is 15.2. The largest absolute Gasteiger partial charge is 0.442 e. The van der Waals surface area contributed by atoms with Crippen molar-refractivity contribution >= 4 is 17.0 Å². The van der Waals surface area contributed by atoms with E-state index in [1.807, 2.05) is 0 Å². The first kappa shape index (κ1) is 18.6. The first-order valence-corrected chi connectivity index (χ1v) is 8.97. The van der Waals surface area contributed by atoms with Crippen molar-refractivity contribution in [3.63, 3.8) is 0 Å². The lowest BCUT2D eigenvalue weighted by atomic mass is 9.93. The summed E-state index contributed by atoms with van der Waals surface area (Å²) in [6, 6.07) is -0.00384.